The number of rotatable bonds is 5. The zero-order chi connectivity index (χ0) is 9.56. The van der Waals surface area contributed by atoms with Crippen molar-refractivity contribution >= 4 is 6.21 Å². The zero-order valence-electron chi connectivity index (χ0n) is 8.67. The summed E-state index contributed by atoms with van der Waals surface area (Å²) in [5.41, 5.74) is 0.867. The molecule has 70 valence electrons. The lowest BCUT2D eigenvalue weighted by Gasteiger charge is -2.20. The Morgan fingerprint density at radius 1 is 1.67 bits per heavy atom. The minimum Gasteiger partial charge on any atom is -0.299 e. The Morgan fingerprint density at radius 2 is 2.25 bits per heavy atom. The van der Waals surface area contributed by atoms with E-state index in [1.165, 1.54) is 6.42 Å². The van der Waals surface area contributed by atoms with Crippen LogP contribution in [0, 0.1) is 0 Å². The highest BCUT2D eigenvalue weighted by Gasteiger charge is 2.03. The summed E-state index contributed by atoms with van der Waals surface area (Å²) in [6.45, 7) is 11.1. The Morgan fingerprint density at radius 3 is 2.67 bits per heavy atom. The van der Waals surface area contributed by atoms with Crippen LogP contribution < -0.4 is 0 Å². The lowest BCUT2D eigenvalue weighted by atomic mass is 10.3. The van der Waals surface area contributed by atoms with Crippen molar-refractivity contribution in [1.82, 2.24) is 4.90 Å². The van der Waals surface area contributed by atoms with Crippen LogP contribution in [0.5, 0.6) is 0 Å². The van der Waals surface area contributed by atoms with Crippen LogP contribution >= 0.6 is 0 Å². The second-order valence-corrected chi connectivity index (χ2v) is 3.23. The predicted molar refractivity (Wildman–Crippen MR) is 55.7 cm³/mol. The molecule has 0 aromatic rings. The molecule has 0 aliphatic carbocycles. The van der Waals surface area contributed by atoms with E-state index in [2.05, 4.69) is 37.4 Å². The molecule has 0 saturated carbocycles. The largest absolute Gasteiger partial charge is 0.299 e. The van der Waals surface area contributed by atoms with E-state index < -0.39 is 0 Å². The minimum absolute atomic E-state index is 0.404. The molecule has 0 fully saturated rings. The number of nitrogens with zero attached hydrogens (tertiary/aromatic N) is 2. The Hall–Kier alpha value is -0.630. The third-order valence-electron chi connectivity index (χ3n) is 1.78. The van der Waals surface area contributed by atoms with Gasteiger partial charge in [-0.05, 0) is 33.9 Å². The minimum atomic E-state index is 0.404. The second-order valence-electron chi connectivity index (χ2n) is 3.23. The maximum atomic E-state index is 4.17. The van der Waals surface area contributed by atoms with Crippen LogP contribution in [0.25, 0.3) is 0 Å². The van der Waals surface area contributed by atoms with E-state index in [0.717, 1.165) is 12.2 Å². The van der Waals surface area contributed by atoms with E-state index in [4.69, 9.17) is 0 Å². The van der Waals surface area contributed by atoms with Gasteiger partial charge in [-0.2, -0.15) is 0 Å². The van der Waals surface area contributed by atoms with Gasteiger partial charge < -0.3 is 0 Å². The molecule has 0 N–H and O–H groups in total. The van der Waals surface area contributed by atoms with Gasteiger partial charge in [0.15, 0.2) is 0 Å². The SMILES string of the molecule is C=C(C)/N=C/C(C)N(C)CCC. The number of hydrogen-bond acceptors (Lipinski definition) is 2. The fraction of sp³-hybridized carbons (Fsp3) is 0.700. The van der Waals surface area contributed by atoms with Crippen LogP contribution in [0.2, 0.25) is 0 Å². The van der Waals surface area contributed by atoms with Crippen LogP contribution in [-0.2, 0) is 0 Å². The third-order valence-corrected chi connectivity index (χ3v) is 1.78. The first kappa shape index (κ1) is 11.4. The molecular formula is C10H20N2. The Bertz CT molecular complexity index is 161. The fourth-order valence-corrected chi connectivity index (χ4v) is 0.905. The topological polar surface area (TPSA) is 15.6 Å². The molecule has 2 nitrogen and oxygen atoms in total. The quantitative estimate of drug-likeness (QED) is 0.575. The maximum Gasteiger partial charge on any atom is 0.0419 e. The Kier molecular flexibility index (Phi) is 5.64. The van der Waals surface area contributed by atoms with Crippen LogP contribution in [-0.4, -0.2) is 30.7 Å². The van der Waals surface area contributed by atoms with Crippen LogP contribution in [0.15, 0.2) is 17.3 Å². The van der Waals surface area contributed by atoms with Crippen molar-refractivity contribution in [2.24, 2.45) is 4.99 Å². The van der Waals surface area contributed by atoms with Crippen LogP contribution in [0.1, 0.15) is 27.2 Å². The summed E-state index contributed by atoms with van der Waals surface area (Å²) in [5.74, 6) is 0. The molecule has 0 rings (SSSR count). The third kappa shape index (κ3) is 5.08. The Labute approximate surface area is 76.0 Å². The molecular weight excluding hydrogens is 148 g/mol. The van der Waals surface area contributed by atoms with Gasteiger partial charge in [-0.25, -0.2) is 0 Å². The maximum absolute atomic E-state index is 4.17. The van der Waals surface area contributed by atoms with Gasteiger partial charge in [0, 0.05) is 18.0 Å². The summed E-state index contributed by atoms with van der Waals surface area (Å²) >= 11 is 0. The van der Waals surface area contributed by atoms with E-state index in [1.54, 1.807) is 0 Å². The highest BCUT2D eigenvalue weighted by atomic mass is 15.1. The normalized spacial score (nSPS) is 14.1. The molecule has 0 bridgehead atoms. The van der Waals surface area contributed by atoms with Crippen molar-refractivity contribution in [2.45, 2.75) is 33.2 Å². The van der Waals surface area contributed by atoms with Crippen molar-refractivity contribution in [3.63, 3.8) is 0 Å². The van der Waals surface area contributed by atoms with Gasteiger partial charge in [0.1, 0.15) is 0 Å². The summed E-state index contributed by atoms with van der Waals surface area (Å²) in [5, 5.41) is 0. The molecule has 0 aromatic heterocycles. The molecule has 0 radical (unpaired) electrons. The van der Waals surface area contributed by atoms with Gasteiger partial charge in [0.05, 0.1) is 0 Å². The summed E-state index contributed by atoms with van der Waals surface area (Å²) in [7, 11) is 2.11. The molecule has 1 atom stereocenters. The van der Waals surface area contributed by atoms with Crippen molar-refractivity contribution in [3.8, 4) is 0 Å². The fourth-order valence-electron chi connectivity index (χ4n) is 0.905. The second kappa shape index (κ2) is 5.95. The van der Waals surface area contributed by atoms with E-state index >= 15 is 0 Å². The average molecular weight is 168 g/mol. The predicted octanol–water partition coefficient (Wildman–Crippen LogP) is 2.32. The number of allylic oxidation sites excluding steroid dienone is 1. The van der Waals surface area contributed by atoms with E-state index in [9.17, 15) is 0 Å². The summed E-state index contributed by atoms with van der Waals surface area (Å²) in [6.07, 6.45) is 3.12. The van der Waals surface area contributed by atoms with Gasteiger partial charge >= 0.3 is 0 Å². The van der Waals surface area contributed by atoms with Crippen LogP contribution in [0.3, 0.4) is 0 Å². The molecule has 0 spiro atoms. The summed E-state index contributed by atoms with van der Waals surface area (Å²) < 4.78 is 0. The number of hydrogen-bond donors (Lipinski definition) is 0. The summed E-state index contributed by atoms with van der Waals surface area (Å²) in [4.78, 5) is 6.44. The Balaban J connectivity index is 3.85. The molecule has 12 heavy (non-hydrogen) atoms. The highest BCUT2D eigenvalue weighted by molar-refractivity contribution is 5.64. The van der Waals surface area contributed by atoms with Gasteiger partial charge in [0.2, 0.25) is 0 Å². The first-order valence-corrected chi connectivity index (χ1v) is 4.47. The first-order valence-electron chi connectivity index (χ1n) is 4.47. The molecule has 0 amide bonds. The van der Waals surface area contributed by atoms with E-state index in [1.807, 2.05) is 13.1 Å². The molecule has 0 aromatic carbocycles. The molecule has 0 saturated heterocycles. The van der Waals surface area contributed by atoms with E-state index in [0.29, 0.717) is 6.04 Å². The molecule has 1 unspecified atom stereocenters. The van der Waals surface area contributed by atoms with Crippen molar-refractivity contribution < 1.29 is 0 Å². The molecule has 0 aliphatic heterocycles. The smallest absolute Gasteiger partial charge is 0.0419 e. The van der Waals surface area contributed by atoms with Crippen LogP contribution in [0.4, 0.5) is 0 Å². The number of aliphatic imine (C=N–C) groups is 1. The molecule has 0 heterocycles. The highest BCUT2D eigenvalue weighted by Crippen LogP contribution is 1.95. The molecule has 2 heteroatoms. The lowest BCUT2D eigenvalue weighted by Crippen LogP contribution is -2.30. The zero-order valence-corrected chi connectivity index (χ0v) is 8.67. The van der Waals surface area contributed by atoms with Gasteiger partial charge in [-0.3, -0.25) is 9.89 Å². The van der Waals surface area contributed by atoms with Gasteiger partial charge in [-0.15, -0.1) is 0 Å². The van der Waals surface area contributed by atoms with Crippen molar-refractivity contribution in [2.75, 3.05) is 13.6 Å². The van der Waals surface area contributed by atoms with Gasteiger partial charge in [-0.1, -0.05) is 13.5 Å². The van der Waals surface area contributed by atoms with Crippen molar-refractivity contribution in [3.05, 3.63) is 12.3 Å². The van der Waals surface area contributed by atoms with E-state index in [-0.39, 0.29) is 0 Å². The lowest BCUT2D eigenvalue weighted by molar-refractivity contribution is 0.315. The van der Waals surface area contributed by atoms with Crippen molar-refractivity contribution in [1.29, 1.82) is 0 Å². The standard InChI is InChI=1S/C10H20N2/c1-6-7-12(5)10(4)8-11-9(2)3/h8,10H,2,6-7H2,1,3-5H3/b11-8+. The monoisotopic (exact) mass is 168 g/mol. The molecule has 0 aliphatic rings. The average Bonchev–Trinajstić information content (AvgIpc) is 2.00. The van der Waals surface area contributed by atoms with Gasteiger partial charge in [0.25, 0.3) is 0 Å². The first-order chi connectivity index (χ1) is 5.57. The summed E-state index contributed by atoms with van der Waals surface area (Å²) in [6, 6.07) is 0.404.